The minimum absolute atomic E-state index is 0.282. The van der Waals surface area contributed by atoms with Gasteiger partial charge in [-0.05, 0) is 67.5 Å². The van der Waals surface area contributed by atoms with Gasteiger partial charge in [0, 0.05) is 0 Å². The molecule has 1 atom stereocenters. The summed E-state index contributed by atoms with van der Waals surface area (Å²) in [5.41, 5.74) is 6.97. The first-order chi connectivity index (χ1) is 10.2. The van der Waals surface area contributed by atoms with Crippen molar-refractivity contribution < 1.29 is 0 Å². The fraction of sp³-hybridized carbons (Fsp3) is 0.400. The van der Waals surface area contributed by atoms with Crippen LogP contribution in [0.4, 0.5) is 0 Å². The molecule has 21 heavy (non-hydrogen) atoms. The maximum atomic E-state index is 3.48. The average molecular weight is 279 g/mol. The molecule has 0 radical (unpaired) electrons. The molecule has 0 amide bonds. The maximum absolute atomic E-state index is 3.48. The van der Waals surface area contributed by atoms with Gasteiger partial charge in [-0.2, -0.15) is 0 Å². The monoisotopic (exact) mass is 279 g/mol. The molecule has 110 valence electrons. The van der Waals surface area contributed by atoms with Crippen molar-refractivity contribution in [3.63, 3.8) is 0 Å². The van der Waals surface area contributed by atoms with E-state index in [9.17, 15) is 0 Å². The molecular weight excluding hydrogens is 254 g/mol. The Morgan fingerprint density at radius 3 is 2.33 bits per heavy atom. The summed E-state index contributed by atoms with van der Waals surface area (Å²) >= 11 is 0. The first-order valence-corrected chi connectivity index (χ1v) is 8.03. The summed E-state index contributed by atoms with van der Waals surface area (Å²) in [4.78, 5) is 0. The molecule has 1 N–H and O–H groups in total. The minimum atomic E-state index is 0.282. The highest BCUT2D eigenvalue weighted by atomic mass is 14.9. The quantitative estimate of drug-likeness (QED) is 0.841. The van der Waals surface area contributed by atoms with Gasteiger partial charge >= 0.3 is 0 Å². The lowest BCUT2D eigenvalue weighted by Crippen LogP contribution is -2.18. The van der Waals surface area contributed by atoms with E-state index < -0.39 is 0 Å². The van der Waals surface area contributed by atoms with E-state index in [0.717, 1.165) is 5.92 Å². The van der Waals surface area contributed by atoms with E-state index in [0.29, 0.717) is 0 Å². The Morgan fingerprint density at radius 1 is 0.952 bits per heavy atom. The summed E-state index contributed by atoms with van der Waals surface area (Å²) in [6.45, 7) is 4.36. The van der Waals surface area contributed by atoms with E-state index >= 15 is 0 Å². The van der Waals surface area contributed by atoms with Gasteiger partial charge in [0.1, 0.15) is 0 Å². The first kappa shape index (κ1) is 14.3. The van der Waals surface area contributed by atoms with Crippen molar-refractivity contribution in [2.24, 2.45) is 0 Å². The molecule has 0 bridgehead atoms. The van der Waals surface area contributed by atoms with Crippen LogP contribution in [0.2, 0.25) is 0 Å². The largest absolute Gasteiger partial charge is 0.309 e. The second-order valence-corrected chi connectivity index (χ2v) is 6.36. The molecule has 1 nitrogen and oxygen atoms in total. The molecule has 2 aromatic rings. The van der Waals surface area contributed by atoms with Crippen LogP contribution in [-0.4, -0.2) is 7.05 Å². The Morgan fingerprint density at radius 2 is 1.71 bits per heavy atom. The Bertz CT molecular complexity index is 625. The Labute approximate surface area is 128 Å². The van der Waals surface area contributed by atoms with E-state index in [1.54, 1.807) is 0 Å². The number of rotatable bonds is 4. The molecule has 1 saturated carbocycles. The van der Waals surface area contributed by atoms with E-state index in [1.165, 1.54) is 47.1 Å². The van der Waals surface area contributed by atoms with E-state index in [4.69, 9.17) is 0 Å². The lowest BCUT2D eigenvalue weighted by atomic mass is 9.79. The molecule has 2 aromatic carbocycles. The van der Waals surface area contributed by atoms with Gasteiger partial charge in [-0.25, -0.2) is 0 Å². The van der Waals surface area contributed by atoms with Gasteiger partial charge in [-0.15, -0.1) is 0 Å². The average Bonchev–Trinajstić information content (AvgIpc) is 2.42. The topological polar surface area (TPSA) is 12.0 Å². The second-order valence-electron chi connectivity index (χ2n) is 6.36. The summed E-state index contributed by atoms with van der Waals surface area (Å²) in [6.07, 6.45) is 4.11. The first-order valence-electron chi connectivity index (χ1n) is 8.03. The van der Waals surface area contributed by atoms with Gasteiger partial charge in [0.05, 0.1) is 6.04 Å². The third-order valence-electron chi connectivity index (χ3n) is 4.97. The lowest BCUT2D eigenvalue weighted by molar-refractivity contribution is 0.419. The Balaban J connectivity index is 1.93. The molecule has 0 aromatic heterocycles. The fourth-order valence-electron chi connectivity index (χ4n) is 3.20. The molecule has 3 rings (SSSR count). The molecule has 1 heteroatoms. The molecule has 0 spiro atoms. The van der Waals surface area contributed by atoms with Crippen LogP contribution in [0.15, 0.2) is 42.5 Å². The zero-order chi connectivity index (χ0) is 14.8. The molecule has 1 unspecified atom stereocenters. The van der Waals surface area contributed by atoms with Crippen LogP contribution < -0.4 is 5.32 Å². The molecule has 1 fully saturated rings. The number of nitrogens with one attached hydrogen (secondary N) is 1. The van der Waals surface area contributed by atoms with Gasteiger partial charge in [0.15, 0.2) is 0 Å². The van der Waals surface area contributed by atoms with E-state index in [1.807, 2.05) is 0 Å². The predicted molar refractivity (Wildman–Crippen MR) is 89.9 cm³/mol. The van der Waals surface area contributed by atoms with Crippen LogP contribution >= 0.6 is 0 Å². The SMILES string of the molecule is CNC(c1cccc(C2CCC2)c1)c1ccc(C)c(C)c1. The van der Waals surface area contributed by atoms with Crippen molar-refractivity contribution in [1.82, 2.24) is 5.32 Å². The molecule has 0 saturated heterocycles. The lowest BCUT2D eigenvalue weighted by Gasteiger charge is -2.27. The summed E-state index contributed by atoms with van der Waals surface area (Å²) in [6, 6.07) is 16.2. The normalized spacial score (nSPS) is 16.5. The predicted octanol–water partition coefficient (Wildman–Crippen LogP) is 4.88. The van der Waals surface area contributed by atoms with Crippen molar-refractivity contribution in [2.45, 2.75) is 45.1 Å². The minimum Gasteiger partial charge on any atom is -0.309 e. The highest BCUT2D eigenvalue weighted by molar-refractivity contribution is 5.39. The van der Waals surface area contributed by atoms with Crippen LogP contribution in [0.3, 0.4) is 0 Å². The number of hydrogen-bond acceptors (Lipinski definition) is 1. The Kier molecular flexibility index (Phi) is 4.12. The van der Waals surface area contributed by atoms with Gasteiger partial charge in [-0.3, -0.25) is 0 Å². The smallest absolute Gasteiger partial charge is 0.0574 e. The van der Waals surface area contributed by atoms with E-state index in [2.05, 4.69) is 68.7 Å². The van der Waals surface area contributed by atoms with Crippen LogP contribution in [-0.2, 0) is 0 Å². The molecular formula is C20H25N. The van der Waals surface area contributed by atoms with E-state index in [-0.39, 0.29) is 6.04 Å². The Hall–Kier alpha value is -1.60. The van der Waals surface area contributed by atoms with Crippen molar-refractivity contribution >= 4 is 0 Å². The number of benzene rings is 2. The number of aryl methyl sites for hydroxylation is 2. The zero-order valence-corrected chi connectivity index (χ0v) is 13.3. The van der Waals surface area contributed by atoms with Gasteiger partial charge in [0.25, 0.3) is 0 Å². The maximum Gasteiger partial charge on any atom is 0.0574 e. The van der Waals surface area contributed by atoms with Crippen LogP contribution in [0.5, 0.6) is 0 Å². The van der Waals surface area contributed by atoms with Gasteiger partial charge < -0.3 is 5.32 Å². The highest BCUT2D eigenvalue weighted by Crippen LogP contribution is 2.37. The third kappa shape index (κ3) is 2.89. The zero-order valence-electron chi connectivity index (χ0n) is 13.3. The van der Waals surface area contributed by atoms with Gasteiger partial charge in [-0.1, -0.05) is 48.9 Å². The standard InChI is InChI=1S/C20H25N/c1-14-10-11-19(12-15(14)2)20(21-3)18-9-5-8-17(13-18)16-6-4-7-16/h5,8-13,16,20-21H,4,6-7H2,1-3H3. The van der Waals surface area contributed by atoms with Crippen LogP contribution in [0.25, 0.3) is 0 Å². The van der Waals surface area contributed by atoms with Crippen LogP contribution in [0, 0.1) is 13.8 Å². The van der Waals surface area contributed by atoms with Crippen molar-refractivity contribution in [1.29, 1.82) is 0 Å². The summed E-state index contributed by atoms with van der Waals surface area (Å²) in [5, 5.41) is 3.48. The fourth-order valence-corrected chi connectivity index (χ4v) is 3.20. The van der Waals surface area contributed by atoms with Crippen molar-refractivity contribution in [2.75, 3.05) is 7.05 Å². The highest BCUT2D eigenvalue weighted by Gasteiger charge is 2.21. The summed E-state index contributed by atoms with van der Waals surface area (Å²) in [7, 11) is 2.05. The van der Waals surface area contributed by atoms with Crippen molar-refractivity contribution in [3.05, 3.63) is 70.3 Å². The molecule has 0 aliphatic heterocycles. The second kappa shape index (κ2) is 6.03. The van der Waals surface area contributed by atoms with Gasteiger partial charge in [0.2, 0.25) is 0 Å². The molecule has 1 aliphatic rings. The number of hydrogen-bond donors (Lipinski definition) is 1. The molecule has 1 aliphatic carbocycles. The molecule has 0 heterocycles. The third-order valence-corrected chi connectivity index (χ3v) is 4.97. The van der Waals surface area contributed by atoms with Crippen molar-refractivity contribution in [3.8, 4) is 0 Å². The summed E-state index contributed by atoms with van der Waals surface area (Å²) < 4.78 is 0. The summed E-state index contributed by atoms with van der Waals surface area (Å²) in [5.74, 6) is 0.794. The van der Waals surface area contributed by atoms with Crippen LogP contribution in [0.1, 0.15) is 59.0 Å².